The van der Waals surface area contributed by atoms with Gasteiger partial charge < -0.3 is 10.2 Å². The van der Waals surface area contributed by atoms with Crippen molar-refractivity contribution in [3.05, 3.63) is 65.0 Å². The normalized spacial score (nSPS) is 14.9. The fourth-order valence-corrected chi connectivity index (χ4v) is 3.46. The van der Waals surface area contributed by atoms with E-state index in [1.807, 2.05) is 30.9 Å². The quantitative estimate of drug-likeness (QED) is 0.921. The topological polar surface area (TPSA) is 62.3 Å². The molecule has 5 nitrogen and oxygen atoms in total. The van der Waals surface area contributed by atoms with Crippen molar-refractivity contribution in [2.75, 3.05) is 19.6 Å². The van der Waals surface area contributed by atoms with Gasteiger partial charge in [-0.15, -0.1) is 0 Å². The number of hydrogen-bond donors (Lipinski definition) is 1. The van der Waals surface area contributed by atoms with E-state index in [1.54, 1.807) is 24.5 Å². The number of piperidine rings is 1. The van der Waals surface area contributed by atoms with Gasteiger partial charge in [0.15, 0.2) is 0 Å². The molecule has 1 aliphatic rings. The highest BCUT2D eigenvalue weighted by Crippen LogP contribution is 2.18. The van der Waals surface area contributed by atoms with Gasteiger partial charge in [-0.1, -0.05) is 17.2 Å². The first-order chi connectivity index (χ1) is 12.5. The van der Waals surface area contributed by atoms with Gasteiger partial charge in [0.25, 0.3) is 11.8 Å². The molecule has 1 N–H and O–H groups in total. The summed E-state index contributed by atoms with van der Waals surface area (Å²) in [7, 11) is 0. The Labute approximate surface area is 154 Å². The summed E-state index contributed by atoms with van der Waals surface area (Å²) in [6, 6.07) is 9.47. The molecular weight excluding hydrogens is 326 g/mol. The van der Waals surface area contributed by atoms with Gasteiger partial charge >= 0.3 is 0 Å². The van der Waals surface area contributed by atoms with E-state index >= 15 is 0 Å². The number of carbonyl (C=O) groups excluding carboxylic acids is 2. The Kier molecular flexibility index (Phi) is 5.66. The van der Waals surface area contributed by atoms with Crippen molar-refractivity contribution in [3.8, 4) is 0 Å². The number of aromatic nitrogens is 1. The lowest BCUT2D eigenvalue weighted by molar-refractivity contribution is 0.0684. The third kappa shape index (κ3) is 4.48. The zero-order valence-corrected chi connectivity index (χ0v) is 15.4. The Balaban J connectivity index is 1.48. The van der Waals surface area contributed by atoms with Crippen LogP contribution in [0.3, 0.4) is 0 Å². The molecule has 1 aliphatic heterocycles. The van der Waals surface area contributed by atoms with Crippen molar-refractivity contribution in [2.24, 2.45) is 5.92 Å². The summed E-state index contributed by atoms with van der Waals surface area (Å²) >= 11 is 0. The Morgan fingerprint density at radius 1 is 1.12 bits per heavy atom. The summed E-state index contributed by atoms with van der Waals surface area (Å²) in [5.74, 6) is 0.421. The number of pyridine rings is 1. The summed E-state index contributed by atoms with van der Waals surface area (Å²) < 4.78 is 0. The molecular formula is C21H25N3O2. The lowest BCUT2D eigenvalue weighted by atomic mass is 9.96. The molecule has 0 atom stereocenters. The molecule has 136 valence electrons. The van der Waals surface area contributed by atoms with Gasteiger partial charge in [0.2, 0.25) is 0 Å². The Morgan fingerprint density at radius 2 is 1.81 bits per heavy atom. The number of aryl methyl sites for hydroxylation is 2. The highest BCUT2D eigenvalue weighted by atomic mass is 16.2. The summed E-state index contributed by atoms with van der Waals surface area (Å²) in [5, 5.41) is 3.05. The largest absolute Gasteiger partial charge is 0.352 e. The summed E-state index contributed by atoms with van der Waals surface area (Å²) in [4.78, 5) is 30.7. The molecule has 0 bridgehead atoms. The van der Waals surface area contributed by atoms with Crippen LogP contribution < -0.4 is 5.32 Å². The molecule has 0 radical (unpaired) electrons. The second-order valence-electron chi connectivity index (χ2n) is 7.06. The van der Waals surface area contributed by atoms with Crippen molar-refractivity contribution in [3.63, 3.8) is 0 Å². The molecule has 26 heavy (non-hydrogen) atoms. The minimum absolute atomic E-state index is 0.0225. The molecule has 0 aliphatic carbocycles. The zero-order chi connectivity index (χ0) is 18.5. The van der Waals surface area contributed by atoms with Crippen molar-refractivity contribution >= 4 is 11.8 Å². The number of benzene rings is 1. The fraction of sp³-hybridized carbons (Fsp3) is 0.381. The first-order valence-corrected chi connectivity index (χ1v) is 9.09. The van der Waals surface area contributed by atoms with Crippen LogP contribution in [0.5, 0.6) is 0 Å². The molecule has 2 heterocycles. The van der Waals surface area contributed by atoms with Crippen LogP contribution in [0.25, 0.3) is 0 Å². The number of carbonyl (C=O) groups is 2. The van der Waals surface area contributed by atoms with Crippen molar-refractivity contribution in [2.45, 2.75) is 26.7 Å². The molecule has 5 heteroatoms. The maximum atomic E-state index is 12.4. The van der Waals surface area contributed by atoms with Crippen molar-refractivity contribution in [1.29, 1.82) is 0 Å². The SMILES string of the molecule is Cc1cc(C)cc(C(=O)NCC2CCN(C(=O)c3cccnc3)CC2)c1. The predicted octanol–water partition coefficient (Wildman–Crippen LogP) is 2.98. The summed E-state index contributed by atoms with van der Waals surface area (Å²) in [6.45, 7) is 6.09. The molecule has 1 saturated heterocycles. The number of likely N-dealkylation sites (tertiary alicyclic amines) is 1. The third-order valence-electron chi connectivity index (χ3n) is 4.85. The third-order valence-corrected chi connectivity index (χ3v) is 4.85. The van der Waals surface area contributed by atoms with E-state index in [1.165, 1.54) is 0 Å². The van der Waals surface area contributed by atoms with E-state index in [-0.39, 0.29) is 11.8 Å². The van der Waals surface area contributed by atoms with E-state index in [4.69, 9.17) is 0 Å². The fourth-order valence-electron chi connectivity index (χ4n) is 3.46. The van der Waals surface area contributed by atoms with Crippen LogP contribution in [-0.2, 0) is 0 Å². The van der Waals surface area contributed by atoms with E-state index in [2.05, 4.69) is 16.4 Å². The standard InChI is InChI=1S/C21H25N3O2/c1-15-10-16(2)12-19(11-15)20(25)23-13-17-5-8-24(9-6-17)21(26)18-4-3-7-22-14-18/h3-4,7,10-12,14,17H,5-6,8-9,13H2,1-2H3,(H,23,25). The highest BCUT2D eigenvalue weighted by Gasteiger charge is 2.24. The Morgan fingerprint density at radius 3 is 2.42 bits per heavy atom. The van der Waals surface area contributed by atoms with Crippen LogP contribution in [0.15, 0.2) is 42.7 Å². The molecule has 1 aromatic heterocycles. The van der Waals surface area contributed by atoms with Gasteiger partial charge in [0.05, 0.1) is 5.56 Å². The molecule has 1 aromatic carbocycles. The molecule has 0 unspecified atom stereocenters. The van der Waals surface area contributed by atoms with E-state index in [0.717, 1.165) is 37.1 Å². The van der Waals surface area contributed by atoms with Gasteiger partial charge in [-0.05, 0) is 56.9 Å². The predicted molar refractivity (Wildman–Crippen MR) is 101 cm³/mol. The summed E-state index contributed by atoms with van der Waals surface area (Å²) in [6.07, 6.45) is 5.08. The maximum Gasteiger partial charge on any atom is 0.255 e. The smallest absolute Gasteiger partial charge is 0.255 e. The Bertz CT molecular complexity index is 761. The molecule has 2 aromatic rings. The number of hydrogen-bond acceptors (Lipinski definition) is 3. The van der Waals surface area contributed by atoms with Crippen LogP contribution in [-0.4, -0.2) is 41.3 Å². The van der Waals surface area contributed by atoms with Gasteiger partial charge in [0, 0.05) is 37.6 Å². The van der Waals surface area contributed by atoms with Crippen molar-refractivity contribution < 1.29 is 9.59 Å². The van der Waals surface area contributed by atoms with Gasteiger partial charge in [0.1, 0.15) is 0 Å². The van der Waals surface area contributed by atoms with E-state index in [9.17, 15) is 9.59 Å². The molecule has 3 rings (SSSR count). The molecule has 0 saturated carbocycles. The number of rotatable bonds is 4. The van der Waals surface area contributed by atoms with Crippen LogP contribution in [0, 0.1) is 19.8 Å². The summed E-state index contributed by atoms with van der Waals surface area (Å²) in [5.41, 5.74) is 3.54. The van der Waals surface area contributed by atoms with Crippen molar-refractivity contribution in [1.82, 2.24) is 15.2 Å². The lowest BCUT2D eigenvalue weighted by Gasteiger charge is -2.32. The maximum absolute atomic E-state index is 12.4. The first kappa shape index (κ1) is 18.1. The van der Waals surface area contributed by atoms with Gasteiger partial charge in [-0.2, -0.15) is 0 Å². The van der Waals surface area contributed by atoms with Crippen LogP contribution in [0.4, 0.5) is 0 Å². The average molecular weight is 351 g/mol. The van der Waals surface area contributed by atoms with Crippen LogP contribution in [0.1, 0.15) is 44.7 Å². The molecule has 1 fully saturated rings. The second-order valence-corrected chi connectivity index (χ2v) is 7.06. The lowest BCUT2D eigenvalue weighted by Crippen LogP contribution is -2.41. The number of amides is 2. The molecule has 0 spiro atoms. The van der Waals surface area contributed by atoms with Crippen LogP contribution >= 0.6 is 0 Å². The monoisotopic (exact) mass is 351 g/mol. The first-order valence-electron chi connectivity index (χ1n) is 9.09. The number of nitrogens with one attached hydrogen (secondary N) is 1. The number of nitrogens with zero attached hydrogens (tertiary/aromatic N) is 2. The average Bonchev–Trinajstić information content (AvgIpc) is 2.66. The minimum Gasteiger partial charge on any atom is -0.352 e. The molecule has 2 amide bonds. The van der Waals surface area contributed by atoms with Crippen LogP contribution in [0.2, 0.25) is 0 Å². The Hall–Kier alpha value is -2.69. The highest BCUT2D eigenvalue weighted by molar-refractivity contribution is 5.95. The van der Waals surface area contributed by atoms with E-state index < -0.39 is 0 Å². The van der Waals surface area contributed by atoms with Gasteiger partial charge in [-0.25, -0.2) is 0 Å². The minimum atomic E-state index is -0.0225. The van der Waals surface area contributed by atoms with Gasteiger partial charge in [-0.3, -0.25) is 14.6 Å². The second kappa shape index (κ2) is 8.13. The van der Waals surface area contributed by atoms with E-state index in [0.29, 0.717) is 23.6 Å². The zero-order valence-electron chi connectivity index (χ0n) is 15.4.